The van der Waals surface area contributed by atoms with Crippen molar-refractivity contribution in [2.24, 2.45) is 0 Å². The maximum atomic E-state index is 9.42. The minimum Gasteiger partial charge on any atom is -0.394 e. The third-order valence-corrected chi connectivity index (χ3v) is 3.96. The van der Waals surface area contributed by atoms with E-state index < -0.39 is 6.29 Å². The Hall–Kier alpha value is -0.120. The van der Waals surface area contributed by atoms with Crippen molar-refractivity contribution in [3.05, 3.63) is 7.43 Å². The highest BCUT2D eigenvalue weighted by Gasteiger charge is 2.02. The van der Waals surface area contributed by atoms with Crippen LogP contribution in [0.1, 0.15) is 96.8 Å². The van der Waals surface area contributed by atoms with Gasteiger partial charge in [0.25, 0.3) is 0 Å². The van der Waals surface area contributed by atoms with Gasteiger partial charge in [0.1, 0.15) is 0 Å². The van der Waals surface area contributed by atoms with E-state index in [0.717, 1.165) is 6.42 Å². The Kier molecular flexibility index (Phi) is 22.9. The molecule has 2 N–H and O–H groups in total. The van der Waals surface area contributed by atoms with E-state index >= 15 is 0 Å². The quantitative estimate of drug-likeness (QED) is 0.297. The Labute approximate surface area is 139 Å². The van der Waals surface area contributed by atoms with Gasteiger partial charge in [0, 0.05) is 7.43 Å². The van der Waals surface area contributed by atoms with E-state index in [0.29, 0.717) is 6.42 Å². The molecule has 3 heteroatoms. The maximum Gasteiger partial charge on any atom is 0.154 e. The monoisotopic (exact) mass is 314 g/mol. The van der Waals surface area contributed by atoms with E-state index in [1.54, 1.807) is 0 Å². The molecule has 0 fully saturated rings. The number of rotatable bonds is 17. The molecule has 0 aliphatic carbocycles. The average molecular weight is 315 g/mol. The predicted molar refractivity (Wildman–Crippen MR) is 92.6 cm³/mol. The highest BCUT2D eigenvalue weighted by molar-refractivity contribution is 4.50. The molecule has 0 bridgehead atoms. The summed E-state index contributed by atoms with van der Waals surface area (Å²) in [5.41, 5.74) is 0. The van der Waals surface area contributed by atoms with Crippen molar-refractivity contribution in [1.29, 1.82) is 0 Å². The van der Waals surface area contributed by atoms with E-state index in [-0.39, 0.29) is 20.6 Å². The highest BCUT2D eigenvalue weighted by Crippen LogP contribution is 2.13. The third-order valence-electron chi connectivity index (χ3n) is 3.96. The molecule has 132 valence electrons. The summed E-state index contributed by atoms with van der Waals surface area (Å²) in [6.07, 6.45) is 17.4. The normalized spacial score (nSPS) is 12.1. The molecule has 0 aliphatic heterocycles. The minimum absolute atomic E-state index is 0. The lowest BCUT2D eigenvalue weighted by Gasteiger charge is -2.10. The van der Waals surface area contributed by atoms with Crippen LogP contribution in [0.25, 0.3) is 0 Å². The van der Waals surface area contributed by atoms with Gasteiger partial charge in [-0.2, -0.15) is 0 Å². The van der Waals surface area contributed by atoms with E-state index in [2.05, 4.69) is 6.92 Å². The van der Waals surface area contributed by atoms with Gasteiger partial charge in [0.05, 0.1) is 13.2 Å². The van der Waals surface area contributed by atoms with Crippen molar-refractivity contribution in [2.45, 2.75) is 103 Å². The zero-order valence-electron chi connectivity index (χ0n) is 14.7. The van der Waals surface area contributed by atoms with Crippen LogP contribution in [0.2, 0.25) is 0 Å². The lowest BCUT2D eigenvalue weighted by Crippen LogP contribution is -2.14. The van der Waals surface area contributed by atoms with Gasteiger partial charge < -0.3 is 14.9 Å². The summed E-state index contributed by atoms with van der Waals surface area (Å²) in [6, 6.07) is 0. The van der Waals surface area contributed by atoms with Crippen LogP contribution in [-0.2, 0) is 4.74 Å². The molecular weight excluding hydrogens is 276 g/mol. The molecule has 3 nitrogen and oxygen atoms in total. The average Bonchev–Trinajstić information content (AvgIpc) is 2.49. The van der Waals surface area contributed by atoms with Gasteiger partial charge in [0.15, 0.2) is 6.29 Å². The topological polar surface area (TPSA) is 49.7 Å². The SMILES string of the molecule is CCCCCCCCCCCCCCCC(O)OCCO.[C]. The lowest BCUT2D eigenvalue weighted by atomic mass is 10.0. The fourth-order valence-electron chi connectivity index (χ4n) is 2.61. The van der Waals surface area contributed by atoms with Crippen molar-refractivity contribution >= 4 is 0 Å². The predicted octanol–water partition coefficient (Wildman–Crippen LogP) is 4.88. The Morgan fingerprint density at radius 3 is 1.55 bits per heavy atom. The molecule has 0 amide bonds. The molecule has 0 rings (SSSR count). The van der Waals surface area contributed by atoms with Gasteiger partial charge >= 0.3 is 0 Å². The summed E-state index contributed by atoms with van der Waals surface area (Å²) in [7, 11) is 0. The van der Waals surface area contributed by atoms with Gasteiger partial charge in [-0.25, -0.2) is 0 Å². The number of aliphatic hydroxyl groups excluding tert-OH is 2. The van der Waals surface area contributed by atoms with Gasteiger partial charge in [-0.15, -0.1) is 0 Å². The van der Waals surface area contributed by atoms with Crippen LogP contribution < -0.4 is 0 Å². The Morgan fingerprint density at radius 2 is 1.14 bits per heavy atom. The highest BCUT2D eigenvalue weighted by atomic mass is 16.6. The maximum absolute atomic E-state index is 9.42. The van der Waals surface area contributed by atoms with Crippen LogP contribution in [-0.4, -0.2) is 29.7 Å². The van der Waals surface area contributed by atoms with E-state index in [9.17, 15) is 5.11 Å². The largest absolute Gasteiger partial charge is 0.394 e. The summed E-state index contributed by atoms with van der Waals surface area (Å²) < 4.78 is 5.00. The number of ether oxygens (including phenoxy) is 1. The first-order valence-electron chi connectivity index (χ1n) is 9.21. The molecule has 22 heavy (non-hydrogen) atoms. The molecule has 0 aromatic carbocycles. The first kappa shape index (κ1) is 24.1. The smallest absolute Gasteiger partial charge is 0.154 e. The second kappa shape index (κ2) is 20.9. The molecule has 0 aliphatic rings. The first-order chi connectivity index (χ1) is 10.3. The van der Waals surface area contributed by atoms with E-state index in [1.807, 2.05) is 0 Å². The summed E-state index contributed by atoms with van der Waals surface area (Å²) in [5, 5.41) is 18.0. The van der Waals surface area contributed by atoms with Crippen molar-refractivity contribution in [2.75, 3.05) is 13.2 Å². The molecular formula is C19H38O3. The summed E-state index contributed by atoms with van der Waals surface area (Å²) in [6.45, 7) is 2.48. The molecule has 0 aromatic heterocycles. The van der Waals surface area contributed by atoms with Crippen molar-refractivity contribution in [3.8, 4) is 0 Å². The first-order valence-corrected chi connectivity index (χ1v) is 9.21. The molecule has 0 spiro atoms. The molecule has 0 saturated heterocycles. The summed E-state index contributed by atoms with van der Waals surface area (Å²) in [5.74, 6) is 0. The standard InChI is InChI=1S/C18H38O3.C/c1-2-3-4-5-6-7-8-9-10-11-12-13-14-15-18(20)21-17-16-19;/h18-20H,2-17H2,1H3;. The van der Waals surface area contributed by atoms with Crippen LogP contribution in [0.5, 0.6) is 0 Å². The van der Waals surface area contributed by atoms with E-state index in [1.165, 1.54) is 77.0 Å². The van der Waals surface area contributed by atoms with Crippen molar-refractivity contribution in [3.63, 3.8) is 0 Å². The van der Waals surface area contributed by atoms with Crippen LogP contribution in [0.15, 0.2) is 0 Å². The molecule has 0 aromatic rings. The minimum atomic E-state index is -0.690. The Bertz CT molecular complexity index is 186. The number of aliphatic hydroxyl groups is 2. The number of unbranched alkanes of at least 4 members (excludes halogenated alkanes) is 12. The molecule has 1 atom stereocenters. The van der Waals surface area contributed by atoms with Gasteiger partial charge in [-0.3, -0.25) is 0 Å². The zero-order valence-corrected chi connectivity index (χ0v) is 14.7. The van der Waals surface area contributed by atoms with E-state index in [4.69, 9.17) is 9.84 Å². The van der Waals surface area contributed by atoms with Gasteiger partial charge in [0.2, 0.25) is 0 Å². The zero-order chi connectivity index (χ0) is 15.6. The molecule has 4 radical (unpaired) electrons. The van der Waals surface area contributed by atoms with Crippen LogP contribution in [0, 0.1) is 7.43 Å². The Morgan fingerprint density at radius 1 is 0.727 bits per heavy atom. The second-order valence-corrected chi connectivity index (χ2v) is 6.08. The summed E-state index contributed by atoms with van der Waals surface area (Å²) >= 11 is 0. The fraction of sp³-hybridized carbons (Fsp3) is 0.947. The van der Waals surface area contributed by atoms with Gasteiger partial charge in [-0.05, 0) is 12.8 Å². The van der Waals surface area contributed by atoms with Crippen molar-refractivity contribution < 1.29 is 14.9 Å². The number of hydrogen-bond donors (Lipinski definition) is 2. The molecule has 0 saturated carbocycles. The van der Waals surface area contributed by atoms with Gasteiger partial charge in [-0.1, -0.05) is 84.0 Å². The lowest BCUT2D eigenvalue weighted by molar-refractivity contribution is -0.111. The van der Waals surface area contributed by atoms with Crippen molar-refractivity contribution in [1.82, 2.24) is 0 Å². The molecule has 0 heterocycles. The van der Waals surface area contributed by atoms with Crippen LogP contribution in [0.3, 0.4) is 0 Å². The molecule has 1 unspecified atom stereocenters. The van der Waals surface area contributed by atoms with Crippen LogP contribution in [0.4, 0.5) is 0 Å². The summed E-state index contributed by atoms with van der Waals surface area (Å²) in [4.78, 5) is 0. The third kappa shape index (κ3) is 19.9. The number of hydrogen-bond acceptors (Lipinski definition) is 3. The second-order valence-electron chi connectivity index (χ2n) is 6.08. The fourth-order valence-corrected chi connectivity index (χ4v) is 2.61. The Balaban J connectivity index is 0. The van der Waals surface area contributed by atoms with Crippen LogP contribution >= 0.6 is 0 Å².